The average molecular weight is 309 g/mol. The third kappa shape index (κ3) is 3.19. The van der Waals surface area contributed by atoms with Gasteiger partial charge in [0.15, 0.2) is 0 Å². The van der Waals surface area contributed by atoms with Crippen LogP contribution in [0.1, 0.15) is 41.0 Å². The molecule has 0 aliphatic carbocycles. The van der Waals surface area contributed by atoms with Crippen molar-refractivity contribution in [1.29, 1.82) is 0 Å². The van der Waals surface area contributed by atoms with E-state index in [2.05, 4.69) is 31.1 Å². The Balaban J connectivity index is 2.23. The van der Waals surface area contributed by atoms with E-state index in [1.54, 1.807) is 12.3 Å². The van der Waals surface area contributed by atoms with Crippen molar-refractivity contribution in [3.05, 3.63) is 44.9 Å². The number of benzene rings is 1. The molecule has 3 nitrogen and oxygen atoms in total. The first-order valence-corrected chi connectivity index (χ1v) is 7.51. The Morgan fingerprint density at radius 3 is 2.60 bits per heavy atom. The van der Waals surface area contributed by atoms with Crippen molar-refractivity contribution in [2.45, 2.75) is 33.1 Å². The molecule has 0 saturated heterocycles. The third-order valence-corrected chi connectivity index (χ3v) is 4.57. The molecule has 0 spiro atoms. The SMILES string of the molecule is Cc1cccc(Cl)c1NC(=O)c1cnc(C(C)(C)C)s1. The minimum Gasteiger partial charge on any atom is -0.320 e. The monoisotopic (exact) mass is 308 g/mol. The summed E-state index contributed by atoms with van der Waals surface area (Å²) in [6, 6.07) is 5.53. The molecule has 0 radical (unpaired) electrons. The quantitative estimate of drug-likeness (QED) is 0.877. The maximum Gasteiger partial charge on any atom is 0.267 e. The molecule has 2 rings (SSSR count). The summed E-state index contributed by atoms with van der Waals surface area (Å²) in [5, 5.41) is 4.34. The molecular formula is C15H17ClN2OS. The highest BCUT2D eigenvalue weighted by molar-refractivity contribution is 7.13. The van der Waals surface area contributed by atoms with Crippen molar-refractivity contribution in [1.82, 2.24) is 4.98 Å². The highest BCUT2D eigenvalue weighted by Crippen LogP contribution is 2.29. The number of carbonyl (C=O) groups excluding carboxylic acids is 1. The average Bonchev–Trinajstić information content (AvgIpc) is 2.83. The lowest BCUT2D eigenvalue weighted by Crippen LogP contribution is -2.12. The van der Waals surface area contributed by atoms with Crippen LogP contribution in [0.4, 0.5) is 5.69 Å². The highest BCUT2D eigenvalue weighted by Gasteiger charge is 2.20. The number of nitrogens with zero attached hydrogens (tertiary/aromatic N) is 1. The van der Waals surface area contributed by atoms with Gasteiger partial charge in [-0.2, -0.15) is 0 Å². The van der Waals surface area contributed by atoms with Gasteiger partial charge in [0.05, 0.1) is 21.9 Å². The molecule has 0 bridgehead atoms. The molecule has 0 aliphatic heterocycles. The predicted molar refractivity (Wildman–Crippen MR) is 85.0 cm³/mol. The van der Waals surface area contributed by atoms with E-state index in [0.29, 0.717) is 15.6 Å². The summed E-state index contributed by atoms with van der Waals surface area (Å²) >= 11 is 7.52. The Labute approximate surface area is 128 Å². The molecule has 5 heteroatoms. The number of hydrogen-bond acceptors (Lipinski definition) is 3. The van der Waals surface area contributed by atoms with Gasteiger partial charge in [0.2, 0.25) is 0 Å². The van der Waals surface area contributed by atoms with Gasteiger partial charge in [-0.15, -0.1) is 11.3 Å². The standard InChI is InChI=1S/C15H17ClN2OS/c1-9-6-5-7-10(16)12(9)18-13(19)11-8-17-14(20-11)15(2,3)4/h5-8H,1-4H3,(H,18,19). The van der Waals surface area contributed by atoms with Gasteiger partial charge in [-0.3, -0.25) is 4.79 Å². The van der Waals surface area contributed by atoms with Crippen LogP contribution in [-0.2, 0) is 5.41 Å². The van der Waals surface area contributed by atoms with Crippen molar-refractivity contribution in [2.75, 3.05) is 5.32 Å². The fraction of sp³-hybridized carbons (Fsp3) is 0.333. The predicted octanol–water partition coefficient (Wildman–Crippen LogP) is 4.65. The van der Waals surface area contributed by atoms with Crippen LogP contribution >= 0.6 is 22.9 Å². The molecular weight excluding hydrogens is 292 g/mol. The van der Waals surface area contributed by atoms with Crippen LogP contribution in [0.3, 0.4) is 0 Å². The molecule has 106 valence electrons. The number of halogens is 1. The van der Waals surface area contributed by atoms with E-state index in [4.69, 9.17) is 11.6 Å². The lowest BCUT2D eigenvalue weighted by molar-refractivity contribution is 0.103. The molecule has 1 heterocycles. The summed E-state index contributed by atoms with van der Waals surface area (Å²) in [7, 11) is 0. The molecule has 1 amide bonds. The maximum atomic E-state index is 12.3. The molecule has 0 fully saturated rings. The van der Waals surface area contributed by atoms with Crippen molar-refractivity contribution in [3.8, 4) is 0 Å². The summed E-state index contributed by atoms with van der Waals surface area (Å²) in [5.41, 5.74) is 1.54. The van der Waals surface area contributed by atoms with Gasteiger partial charge in [0.1, 0.15) is 4.88 Å². The minimum atomic E-state index is -0.172. The number of anilines is 1. The molecule has 0 saturated carbocycles. The fourth-order valence-corrected chi connectivity index (χ4v) is 2.83. The normalized spacial score (nSPS) is 11.4. The summed E-state index contributed by atoms with van der Waals surface area (Å²) in [6.07, 6.45) is 1.62. The first kappa shape index (κ1) is 15.0. The lowest BCUT2D eigenvalue weighted by Gasteiger charge is -2.13. The van der Waals surface area contributed by atoms with Gasteiger partial charge in [0.25, 0.3) is 5.91 Å². The Morgan fingerprint density at radius 2 is 2.05 bits per heavy atom. The van der Waals surface area contributed by atoms with Gasteiger partial charge >= 0.3 is 0 Å². The van der Waals surface area contributed by atoms with E-state index >= 15 is 0 Å². The molecule has 0 unspecified atom stereocenters. The largest absolute Gasteiger partial charge is 0.320 e. The first-order chi connectivity index (χ1) is 9.29. The third-order valence-electron chi connectivity index (χ3n) is 2.83. The Hall–Kier alpha value is -1.39. The van der Waals surface area contributed by atoms with Crippen molar-refractivity contribution in [2.24, 2.45) is 0 Å². The maximum absolute atomic E-state index is 12.3. The molecule has 1 N–H and O–H groups in total. The van der Waals surface area contributed by atoms with Crippen molar-refractivity contribution >= 4 is 34.5 Å². The zero-order valence-electron chi connectivity index (χ0n) is 12.0. The zero-order valence-corrected chi connectivity index (χ0v) is 13.5. The van der Waals surface area contributed by atoms with Gasteiger partial charge in [-0.1, -0.05) is 44.5 Å². The van der Waals surface area contributed by atoms with Crippen LogP contribution in [-0.4, -0.2) is 10.9 Å². The molecule has 1 aromatic heterocycles. The number of para-hydroxylation sites is 1. The number of nitrogens with one attached hydrogen (secondary N) is 1. The van der Waals surface area contributed by atoms with Crippen LogP contribution in [0.15, 0.2) is 24.4 Å². The second kappa shape index (κ2) is 5.54. The molecule has 1 aromatic carbocycles. The molecule has 2 aromatic rings. The molecule has 0 aliphatic rings. The lowest BCUT2D eigenvalue weighted by atomic mass is 9.98. The zero-order chi connectivity index (χ0) is 14.9. The van der Waals surface area contributed by atoms with Crippen molar-refractivity contribution in [3.63, 3.8) is 0 Å². The number of carbonyl (C=O) groups is 1. The van der Waals surface area contributed by atoms with Gasteiger partial charge in [0, 0.05) is 5.41 Å². The Bertz CT molecular complexity index is 623. The van der Waals surface area contributed by atoms with Crippen LogP contribution in [0.5, 0.6) is 0 Å². The Morgan fingerprint density at radius 1 is 1.35 bits per heavy atom. The van der Waals surface area contributed by atoms with E-state index in [0.717, 1.165) is 10.6 Å². The van der Waals surface area contributed by atoms with Gasteiger partial charge in [-0.25, -0.2) is 4.98 Å². The molecule has 0 atom stereocenters. The van der Waals surface area contributed by atoms with E-state index in [1.807, 2.05) is 19.1 Å². The van der Waals surface area contributed by atoms with Gasteiger partial charge < -0.3 is 5.32 Å². The smallest absolute Gasteiger partial charge is 0.267 e. The van der Waals surface area contributed by atoms with E-state index in [1.165, 1.54) is 11.3 Å². The fourth-order valence-electron chi connectivity index (χ4n) is 1.69. The highest BCUT2D eigenvalue weighted by atomic mass is 35.5. The minimum absolute atomic E-state index is 0.0521. The topological polar surface area (TPSA) is 42.0 Å². The number of rotatable bonds is 2. The summed E-state index contributed by atoms with van der Waals surface area (Å²) in [5.74, 6) is -0.172. The van der Waals surface area contributed by atoms with Crippen LogP contribution in [0.2, 0.25) is 5.02 Å². The summed E-state index contributed by atoms with van der Waals surface area (Å²) < 4.78 is 0. The Kier molecular flexibility index (Phi) is 4.16. The number of thiazole rings is 1. The number of hydrogen-bond donors (Lipinski definition) is 1. The van der Waals surface area contributed by atoms with Crippen LogP contribution in [0, 0.1) is 6.92 Å². The van der Waals surface area contributed by atoms with Gasteiger partial charge in [-0.05, 0) is 18.6 Å². The second-order valence-electron chi connectivity index (χ2n) is 5.67. The van der Waals surface area contributed by atoms with E-state index in [-0.39, 0.29) is 11.3 Å². The molecule has 20 heavy (non-hydrogen) atoms. The number of aryl methyl sites for hydroxylation is 1. The number of aromatic nitrogens is 1. The second-order valence-corrected chi connectivity index (χ2v) is 7.10. The summed E-state index contributed by atoms with van der Waals surface area (Å²) in [4.78, 5) is 17.2. The number of amides is 1. The van der Waals surface area contributed by atoms with Crippen molar-refractivity contribution < 1.29 is 4.79 Å². The van der Waals surface area contributed by atoms with Crippen LogP contribution in [0.25, 0.3) is 0 Å². The summed E-state index contributed by atoms with van der Waals surface area (Å²) in [6.45, 7) is 8.14. The first-order valence-electron chi connectivity index (χ1n) is 6.32. The van der Waals surface area contributed by atoms with E-state index < -0.39 is 0 Å². The van der Waals surface area contributed by atoms with Crippen LogP contribution < -0.4 is 5.32 Å². The van der Waals surface area contributed by atoms with E-state index in [9.17, 15) is 4.79 Å².